The van der Waals surface area contributed by atoms with Gasteiger partial charge in [-0.3, -0.25) is 9.05 Å². The highest BCUT2D eigenvalue weighted by molar-refractivity contribution is 8.55. The zero-order chi connectivity index (χ0) is 16.6. The van der Waals surface area contributed by atoms with Gasteiger partial charge in [0.1, 0.15) is 0 Å². The summed E-state index contributed by atoms with van der Waals surface area (Å²) in [5, 5.41) is 9.42. The first kappa shape index (κ1) is 21.5. The fourth-order valence-corrected chi connectivity index (χ4v) is 6.20. The number of hydrogen-bond acceptors (Lipinski definition) is 5. The van der Waals surface area contributed by atoms with Crippen LogP contribution in [0.4, 0.5) is 0 Å². The zero-order valence-corrected chi connectivity index (χ0v) is 16.2. The van der Waals surface area contributed by atoms with Gasteiger partial charge >= 0.3 is 6.80 Å². The number of aliphatic hydroxyl groups is 1. The topological polar surface area (TPSA) is 55.8 Å². The molecule has 0 rings (SSSR count). The highest BCUT2D eigenvalue weighted by atomic mass is 32.7. The Morgan fingerprint density at radius 2 is 1.29 bits per heavy atom. The molecular weight excluding hydrogens is 307 g/mol. The highest BCUT2D eigenvalue weighted by Gasteiger charge is 2.31. The van der Waals surface area contributed by atoms with Crippen LogP contribution in [0.25, 0.3) is 0 Å². The van der Waals surface area contributed by atoms with Crippen molar-refractivity contribution >= 4 is 18.2 Å². The number of rotatable bonds is 11. The molecule has 0 radical (unpaired) electrons. The molecule has 3 unspecified atom stereocenters. The molecule has 6 heteroatoms. The summed E-state index contributed by atoms with van der Waals surface area (Å²) >= 11 is 1.10. The van der Waals surface area contributed by atoms with Gasteiger partial charge in [0, 0.05) is 5.75 Å². The van der Waals surface area contributed by atoms with Crippen LogP contribution < -0.4 is 0 Å². The maximum absolute atomic E-state index is 12.9. The van der Waals surface area contributed by atoms with Crippen molar-refractivity contribution in [3.8, 4) is 0 Å². The summed E-state index contributed by atoms with van der Waals surface area (Å²) in [4.78, 5) is 0. The Morgan fingerprint density at radius 3 is 1.57 bits per heavy atom. The van der Waals surface area contributed by atoms with Crippen molar-refractivity contribution < 1.29 is 18.7 Å². The molecule has 128 valence electrons. The smallest absolute Gasteiger partial charge is 0.389 e. The van der Waals surface area contributed by atoms with Gasteiger partial charge in [-0.25, -0.2) is 4.57 Å². The van der Waals surface area contributed by atoms with Gasteiger partial charge in [-0.15, -0.1) is 0 Å². The van der Waals surface area contributed by atoms with Gasteiger partial charge < -0.3 is 5.11 Å². The predicted octanol–water partition coefficient (Wildman–Crippen LogP) is 5.11. The van der Waals surface area contributed by atoms with Crippen LogP contribution in [0.1, 0.15) is 61.3 Å². The van der Waals surface area contributed by atoms with E-state index >= 15 is 0 Å². The summed E-state index contributed by atoms with van der Waals surface area (Å²) < 4.78 is 24.4. The first-order valence-electron chi connectivity index (χ1n) is 7.83. The summed E-state index contributed by atoms with van der Waals surface area (Å²) in [5.74, 6) is 1.30. The van der Waals surface area contributed by atoms with Crippen molar-refractivity contribution in [2.75, 3.05) is 5.75 Å². The molecule has 0 aliphatic heterocycles. The molecule has 0 spiro atoms. The lowest BCUT2D eigenvalue weighted by Crippen LogP contribution is -2.15. The monoisotopic (exact) mass is 340 g/mol. The minimum absolute atomic E-state index is 0.122. The second-order valence-corrected chi connectivity index (χ2v) is 10.7. The quantitative estimate of drug-likeness (QED) is 0.530. The number of aliphatic hydroxyl groups excluding tert-OH is 1. The minimum atomic E-state index is -3.24. The SMILES string of the molecule is CC(C)CC(C)OP(=O)(OC(C)CC(C)C)SCC(C)O. The summed E-state index contributed by atoms with van der Waals surface area (Å²) in [5.41, 5.74) is 0. The fourth-order valence-electron chi connectivity index (χ4n) is 2.14. The van der Waals surface area contributed by atoms with E-state index in [4.69, 9.17) is 9.05 Å². The molecule has 0 aliphatic rings. The van der Waals surface area contributed by atoms with Crippen molar-refractivity contribution in [1.82, 2.24) is 0 Å². The van der Waals surface area contributed by atoms with Crippen LogP contribution in [-0.2, 0) is 13.6 Å². The molecule has 4 nitrogen and oxygen atoms in total. The van der Waals surface area contributed by atoms with E-state index in [9.17, 15) is 9.67 Å². The third-order valence-electron chi connectivity index (χ3n) is 2.70. The van der Waals surface area contributed by atoms with Gasteiger partial charge in [0.25, 0.3) is 0 Å². The van der Waals surface area contributed by atoms with Crippen LogP contribution in [0.3, 0.4) is 0 Å². The lowest BCUT2D eigenvalue weighted by atomic mass is 10.1. The average Bonchev–Trinajstić information content (AvgIpc) is 2.23. The standard InChI is InChI=1S/C15H33O4PS/c1-11(2)8-14(6)18-20(17,21-10-13(5)16)19-15(7)9-12(3)4/h11-16H,8-10H2,1-7H3. The molecule has 0 fully saturated rings. The Kier molecular flexibility index (Phi) is 10.5. The molecule has 0 saturated heterocycles. The molecule has 0 amide bonds. The van der Waals surface area contributed by atoms with E-state index in [1.165, 1.54) is 0 Å². The second-order valence-electron chi connectivity index (χ2n) is 6.68. The molecule has 0 aliphatic carbocycles. The van der Waals surface area contributed by atoms with Crippen LogP contribution in [0, 0.1) is 11.8 Å². The van der Waals surface area contributed by atoms with Crippen molar-refractivity contribution in [1.29, 1.82) is 0 Å². The van der Waals surface area contributed by atoms with Crippen molar-refractivity contribution in [3.05, 3.63) is 0 Å². The fraction of sp³-hybridized carbons (Fsp3) is 1.00. The zero-order valence-electron chi connectivity index (χ0n) is 14.5. The summed E-state index contributed by atoms with van der Waals surface area (Å²) in [6.07, 6.45) is 0.894. The summed E-state index contributed by atoms with van der Waals surface area (Å²) in [7, 11) is 0. The van der Waals surface area contributed by atoms with Crippen molar-refractivity contribution in [3.63, 3.8) is 0 Å². The van der Waals surface area contributed by atoms with Gasteiger partial charge in [0.05, 0.1) is 18.3 Å². The Hall–Kier alpha value is 0.460. The van der Waals surface area contributed by atoms with Gasteiger partial charge in [0.15, 0.2) is 0 Å². The van der Waals surface area contributed by atoms with E-state index in [2.05, 4.69) is 27.7 Å². The first-order chi connectivity index (χ1) is 9.54. The van der Waals surface area contributed by atoms with E-state index in [0.717, 1.165) is 24.2 Å². The molecule has 0 heterocycles. The molecule has 0 bridgehead atoms. The largest absolute Gasteiger partial charge is 0.393 e. The van der Waals surface area contributed by atoms with Crippen LogP contribution in [0.15, 0.2) is 0 Å². The molecule has 0 aromatic heterocycles. The van der Waals surface area contributed by atoms with Crippen molar-refractivity contribution in [2.45, 2.75) is 79.6 Å². The van der Waals surface area contributed by atoms with E-state index in [-0.39, 0.29) is 12.2 Å². The van der Waals surface area contributed by atoms with Gasteiger partial charge in [-0.05, 0) is 56.8 Å². The Morgan fingerprint density at radius 1 is 0.905 bits per heavy atom. The van der Waals surface area contributed by atoms with Crippen LogP contribution >= 0.6 is 18.2 Å². The minimum Gasteiger partial charge on any atom is -0.393 e. The molecule has 1 N–H and O–H groups in total. The molecule has 0 aromatic carbocycles. The van der Waals surface area contributed by atoms with Gasteiger partial charge in [0.2, 0.25) is 0 Å². The maximum atomic E-state index is 12.9. The summed E-state index contributed by atoms with van der Waals surface area (Å²) in [6.45, 7) is 10.7. The van der Waals surface area contributed by atoms with Crippen LogP contribution in [0.2, 0.25) is 0 Å². The Bertz CT molecular complexity index is 299. The molecule has 21 heavy (non-hydrogen) atoms. The van der Waals surface area contributed by atoms with Gasteiger partial charge in [-0.1, -0.05) is 27.7 Å². The lowest BCUT2D eigenvalue weighted by molar-refractivity contribution is 0.119. The Balaban J connectivity index is 4.71. The Labute approximate surface area is 134 Å². The normalized spacial score (nSPS) is 19.5. The molecule has 3 atom stereocenters. The second kappa shape index (κ2) is 10.3. The van der Waals surface area contributed by atoms with Gasteiger partial charge in [-0.2, -0.15) is 0 Å². The molecular formula is C15H33O4PS. The molecule has 0 aromatic rings. The lowest BCUT2D eigenvalue weighted by Gasteiger charge is -2.26. The third kappa shape index (κ3) is 11.7. The molecule has 0 saturated carbocycles. The van der Waals surface area contributed by atoms with Crippen LogP contribution in [-0.4, -0.2) is 29.2 Å². The van der Waals surface area contributed by atoms with Crippen molar-refractivity contribution in [2.24, 2.45) is 11.8 Å². The third-order valence-corrected chi connectivity index (χ3v) is 6.79. The first-order valence-corrected chi connectivity index (χ1v) is 11.0. The van der Waals surface area contributed by atoms with E-state index in [1.54, 1.807) is 6.92 Å². The highest BCUT2D eigenvalue weighted by Crippen LogP contribution is 2.62. The summed E-state index contributed by atoms with van der Waals surface area (Å²) in [6, 6.07) is 0. The van der Waals surface area contributed by atoms with E-state index < -0.39 is 12.9 Å². The number of hydrogen-bond donors (Lipinski definition) is 1. The predicted molar refractivity (Wildman–Crippen MR) is 91.7 cm³/mol. The van der Waals surface area contributed by atoms with E-state index in [1.807, 2.05) is 13.8 Å². The maximum Gasteiger partial charge on any atom is 0.389 e. The van der Waals surface area contributed by atoms with E-state index in [0.29, 0.717) is 17.6 Å². The average molecular weight is 340 g/mol. The van der Waals surface area contributed by atoms with Crippen LogP contribution in [0.5, 0.6) is 0 Å².